The standard InChI is InChI=1S/C29H27N3O3S/c1-17-25(18(2)33)27(26-22-9-7-6-8-20(22)12-15-23(26)35-5)32-28(34)24(36-29(32)30-17)16-19-10-13-21(14-11-19)31(3)4/h6-16,27H,1-5H3/b24-16+. The molecule has 0 aliphatic carbocycles. The number of methoxy groups -OCH3 is 1. The number of ether oxygens (including phenoxy) is 1. The van der Waals surface area contributed by atoms with Crippen LogP contribution in [0.4, 0.5) is 5.69 Å². The Hall–Kier alpha value is -3.97. The quantitative estimate of drug-likeness (QED) is 0.417. The van der Waals surface area contributed by atoms with Crippen molar-refractivity contribution < 1.29 is 9.53 Å². The van der Waals surface area contributed by atoms with E-state index in [1.165, 1.54) is 18.3 Å². The molecule has 0 N–H and O–H groups in total. The Bertz CT molecular complexity index is 1710. The number of nitrogens with zero attached hydrogens (tertiary/aromatic N) is 3. The number of carbonyl (C=O) groups is 1. The highest BCUT2D eigenvalue weighted by molar-refractivity contribution is 7.07. The first-order valence-corrected chi connectivity index (χ1v) is 12.5. The van der Waals surface area contributed by atoms with Crippen molar-refractivity contribution in [1.82, 2.24) is 4.57 Å². The number of ketones is 1. The van der Waals surface area contributed by atoms with Crippen molar-refractivity contribution in [3.05, 3.63) is 103 Å². The average Bonchev–Trinajstić information content (AvgIpc) is 3.16. The summed E-state index contributed by atoms with van der Waals surface area (Å²) in [6, 6.07) is 19.2. The molecule has 3 aromatic carbocycles. The van der Waals surface area contributed by atoms with Crippen LogP contribution < -0.4 is 24.5 Å². The maximum atomic E-state index is 13.9. The Labute approximate surface area is 213 Å². The molecule has 1 aromatic heterocycles. The Morgan fingerprint density at radius 3 is 2.47 bits per heavy atom. The van der Waals surface area contributed by atoms with Crippen molar-refractivity contribution in [2.75, 3.05) is 26.1 Å². The molecule has 5 rings (SSSR count). The van der Waals surface area contributed by atoms with Gasteiger partial charge in [0.05, 0.1) is 17.7 Å². The van der Waals surface area contributed by atoms with Gasteiger partial charge in [0.15, 0.2) is 10.6 Å². The second-order valence-electron chi connectivity index (χ2n) is 9.03. The predicted octanol–water partition coefficient (Wildman–Crippen LogP) is 4.05. The molecule has 0 saturated carbocycles. The van der Waals surface area contributed by atoms with E-state index in [1.807, 2.05) is 92.7 Å². The van der Waals surface area contributed by atoms with E-state index < -0.39 is 6.04 Å². The van der Waals surface area contributed by atoms with Crippen molar-refractivity contribution in [3.63, 3.8) is 0 Å². The van der Waals surface area contributed by atoms with Crippen LogP contribution in [0.5, 0.6) is 5.75 Å². The molecule has 4 aromatic rings. The van der Waals surface area contributed by atoms with Crippen molar-refractivity contribution in [1.29, 1.82) is 0 Å². The minimum absolute atomic E-state index is 0.121. The van der Waals surface area contributed by atoms with E-state index in [-0.39, 0.29) is 11.3 Å². The topological polar surface area (TPSA) is 63.9 Å². The molecule has 7 heteroatoms. The molecule has 0 radical (unpaired) electrons. The predicted molar refractivity (Wildman–Crippen MR) is 146 cm³/mol. The molecule has 1 atom stereocenters. The van der Waals surface area contributed by atoms with Gasteiger partial charge in [0.2, 0.25) is 0 Å². The van der Waals surface area contributed by atoms with Crippen LogP contribution in [-0.4, -0.2) is 31.6 Å². The molecule has 0 amide bonds. The summed E-state index contributed by atoms with van der Waals surface area (Å²) in [6.45, 7) is 3.36. The summed E-state index contributed by atoms with van der Waals surface area (Å²) < 4.78 is 7.98. The lowest BCUT2D eigenvalue weighted by Crippen LogP contribution is -2.39. The van der Waals surface area contributed by atoms with Crippen molar-refractivity contribution in [2.45, 2.75) is 19.9 Å². The molecule has 36 heavy (non-hydrogen) atoms. The van der Waals surface area contributed by atoms with Crippen LogP contribution >= 0.6 is 11.3 Å². The van der Waals surface area contributed by atoms with Crippen molar-refractivity contribution in [3.8, 4) is 5.75 Å². The third kappa shape index (κ3) is 3.95. The number of hydrogen-bond donors (Lipinski definition) is 0. The normalized spacial score (nSPS) is 15.6. The Balaban J connectivity index is 1.80. The molecule has 182 valence electrons. The van der Waals surface area contributed by atoms with Crippen LogP contribution in [0.1, 0.15) is 31.0 Å². The summed E-state index contributed by atoms with van der Waals surface area (Å²) in [6.07, 6.45) is 1.88. The van der Waals surface area contributed by atoms with Crippen molar-refractivity contribution in [2.24, 2.45) is 4.99 Å². The third-order valence-electron chi connectivity index (χ3n) is 6.53. The largest absolute Gasteiger partial charge is 0.496 e. The molecule has 0 fully saturated rings. The van der Waals surface area contributed by atoms with Gasteiger partial charge in [0, 0.05) is 36.6 Å². The van der Waals surface area contributed by atoms with E-state index in [2.05, 4.69) is 0 Å². The fourth-order valence-electron chi connectivity index (χ4n) is 4.80. The van der Waals surface area contributed by atoms with Crippen molar-refractivity contribution >= 4 is 39.7 Å². The fourth-order valence-corrected chi connectivity index (χ4v) is 5.85. The van der Waals surface area contributed by atoms with Gasteiger partial charge in [0.1, 0.15) is 5.75 Å². The molecule has 6 nitrogen and oxygen atoms in total. The monoisotopic (exact) mass is 497 g/mol. The number of hydrogen-bond acceptors (Lipinski definition) is 6. The molecule has 0 bridgehead atoms. The number of benzene rings is 3. The lowest BCUT2D eigenvalue weighted by atomic mass is 9.89. The summed E-state index contributed by atoms with van der Waals surface area (Å²) in [5.41, 5.74) is 3.73. The van der Waals surface area contributed by atoms with Crippen LogP contribution in [0.2, 0.25) is 0 Å². The number of carbonyl (C=O) groups excluding carboxylic acids is 1. The smallest absolute Gasteiger partial charge is 0.271 e. The van der Waals surface area contributed by atoms with E-state index in [1.54, 1.807) is 11.7 Å². The van der Waals surface area contributed by atoms with Crippen LogP contribution in [-0.2, 0) is 4.79 Å². The van der Waals surface area contributed by atoms with Gasteiger partial charge < -0.3 is 9.64 Å². The molecule has 2 heterocycles. The van der Waals surface area contributed by atoms with Crippen LogP contribution in [0, 0.1) is 0 Å². The molecular weight excluding hydrogens is 470 g/mol. The van der Waals surface area contributed by atoms with E-state index in [0.29, 0.717) is 26.4 Å². The van der Waals surface area contributed by atoms with Gasteiger partial charge in [-0.15, -0.1) is 0 Å². The second-order valence-corrected chi connectivity index (χ2v) is 10.0. The van der Waals surface area contributed by atoms with Crippen LogP contribution in [0.15, 0.2) is 81.7 Å². The minimum Gasteiger partial charge on any atom is -0.496 e. The van der Waals surface area contributed by atoms with E-state index in [9.17, 15) is 9.59 Å². The SMILES string of the molecule is COc1ccc2ccccc2c1C1C(C(C)=O)=C(C)N=c2s/c(=C/c3ccc(N(C)C)cc3)c(=O)n21. The van der Waals surface area contributed by atoms with Crippen LogP contribution in [0.25, 0.3) is 16.8 Å². The second kappa shape index (κ2) is 9.24. The maximum Gasteiger partial charge on any atom is 0.271 e. The number of rotatable bonds is 5. The summed E-state index contributed by atoms with van der Waals surface area (Å²) in [5.74, 6) is 0.505. The first-order chi connectivity index (χ1) is 17.3. The zero-order valence-corrected chi connectivity index (χ0v) is 21.7. The van der Waals surface area contributed by atoms with E-state index >= 15 is 0 Å². The highest BCUT2D eigenvalue weighted by atomic mass is 32.1. The summed E-state index contributed by atoms with van der Waals surface area (Å²) in [4.78, 5) is 34.1. The van der Waals surface area contributed by atoms with Gasteiger partial charge in [0.25, 0.3) is 5.56 Å². The first kappa shape index (κ1) is 23.8. The molecule has 0 saturated heterocycles. The molecule has 0 spiro atoms. The summed E-state index contributed by atoms with van der Waals surface area (Å²) in [5, 5.41) is 1.94. The number of Topliss-reactive ketones (excluding diaryl/α,β-unsaturated/α-hetero) is 1. The average molecular weight is 498 g/mol. The molecule has 1 unspecified atom stereocenters. The molecule has 1 aliphatic heterocycles. The molecular formula is C29H27N3O3S. The Kier molecular flexibility index (Phi) is 6.10. The number of anilines is 1. The maximum absolute atomic E-state index is 13.9. The lowest BCUT2D eigenvalue weighted by molar-refractivity contribution is -0.114. The summed E-state index contributed by atoms with van der Waals surface area (Å²) >= 11 is 1.33. The van der Waals surface area contributed by atoms with Gasteiger partial charge in [-0.2, -0.15) is 0 Å². The highest BCUT2D eigenvalue weighted by Crippen LogP contribution is 2.40. The Morgan fingerprint density at radius 1 is 1.08 bits per heavy atom. The third-order valence-corrected chi connectivity index (χ3v) is 7.52. The zero-order chi connectivity index (χ0) is 25.6. The van der Waals surface area contributed by atoms with Gasteiger partial charge in [-0.05, 0) is 54.5 Å². The summed E-state index contributed by atoms with van der Waals surface area (Å²) in [7, 11) is 5.59. The number of thiazole rings is 1. The molecule has 1 aliphatic rings. The van der Waals surface area contributed by atoms with Gasteiger partial charge in [-0.25, -0.2) is 4.99 Å². The van der Waals surface area contributed by atoms with Gasteiger partial charge in [-0.1, -0.05) is 53.8 Å². The number of allylic oxidation sites excluding steroid dienone is 2. The van der Waals surface area contributed by atoms with Crippen LogP contribution in [0.3, 0.4) is 0 Å². The number of fused-ring (bicyclic) bond motifs is 2. The van der Waals surface area contributed by atoms with E-state index in [0.717, 1.165) is 27.6 Å². The van der Waals surface area contributed by atoms with Gasteiger partial charge in [-0.3, -0.25) is 14.2 Å². The highest BCUT2D eigenvalue weighted by Gasteiger charge is 2.33. The van der Waals surface area contributed by atoms with E-state index in [4.69, 9.17) is 9.73 Å². The first-order valence-electron chi connectivity index (χ1n) is 11.7. The fraction of sp³-hybridized carbons (Fsp3) is 0.207. The number of aromatic nitrogens is 1. The lowest BCUT2D eigenvalue weighted by Gasteiger charge is -2.27. The zero-order valence-electron chi connectivity index (χ0n) is 20.9. The Morgan fingerprint density at radius 2 is 1.81 bits per heavy atom. The van der Waals surface area contributed by atoms with Gasteiger partial charge >= 0.3 is 0 Å². The minimum atomic E-state index is -0.641.